The predicted molar refractivity (Wildman–Crippen MR) is 236 cm³/mol. The average molecular weight is 822 g/mol. The maximum absolute atomic E-state index is 11.6. The Morgan fingerprint density at radius 3 is 1.93 bits per heavy atom. The molecule has 4 aromatic rings. The van der Waals surface area contributed by atoms with Gasteiger partial charge in [-0.05, 0) is 89.7 Å². The summed E-state index contributed by atoms with van der Waals surface area (Å²) in [5.41, 5.74) is 11.0. The van der Waals surface area contributed by atoms with E-state index in [-0.39, 0.29) is 44.3 Å². The number of nitrogens with two attached hydrogens (primary N) is 1. The lowest BCUT2D eigenvalue weighted by atomic mass is 9.78. The second kappa shape index (κ2) is 15.1. The molecule has 2 unspecified atom stereocenters. The van der Waals surface area contributed by atoms with E-state index in [1.54, 1.807) is 12.5 Å². The summed E-state index contributed by atoms with van der Waals surface area (Å²) in [6.45, 7) is 35.9. The molecular formula is C42H71N7O4Si3. The van der Waals surface area contributed by atoms with E-state index in [9.17, 15) is 9.59 Å². The van der Waals surface area contributed by atoms with Crippen molar-refractivity contribution >= 4 is 41.9 Å². The molecule has 56 heavy (non-hydrogen) atoms. The van der Waals surface area contributed by atoms with Gasteiger partial charge in [-0.2, -0.15) is 5.10 Å². The van der Waals surface area contributed by atoms with Gasteiger partial charge in [0, 0.05) is 12.1 Å². The van der Waals surface area contributed by atoms with Crippen molar-refractivity contribution in [3.8, 4) is 11.4 Å². The molecule has 0 saturated carbocycles. The lowest BCUT2D eigenvalue weighted by Crippen LogP contribution is -2.46. The standard InChI is InChI=1S/C42H71N7O4Si3/c1-39(2,3)30-19-17-28(18-20-30)24-48-25-29(23-45-48)36-46-35(43)34-37(47-36)49(27-44-34)38-32(22-42(9,10)55(13,14)51)31(21-41(7,8)54(11,12)50)33(53-38)26-52-56(15,16)40(4,5)6/h17-20,23,25,27,31-33,38,50-51H,21-22,24,26H2,1-16H3,(H2,43,46,47)/t31-,32+,33?,38?/m0/s1. The summed E-state index contributed by atoms with van der Waals surface area (Å²) in [6.07, 6.45) is 6.27. The molecule has 0 amide bonds. The van der Waals surface area contributed by atoms with Gasteiger partial charge in [0.1, 0.15) is 11.7 Å². The summed E-state index contributed by atoms with van der Waals surface area (Å²) in [7, 11) is -7.38. The van der Waals surface area contributed by atoms with Crippen LogP contribution in [0.3, 0.4) is 0 Å². The van der Waals surface area contributed by atoms with Crippen LogP contribution in [0.2, 0.25) is 54.4 Å². The zero-order valence-corrected chi connectivity index (χ0v) is 40.2. The van der Waals surface area contributed by atoms with E-state index in [1.165, 1.54) is 5.56 Å². The van der Waals surface area contributed by atoms with Gasteiger partial charge in [0.15, 0.2) is 42.2 Å². The minimum atomic E-state index is -2.64. The molecule has 4 N–H and O–H groups in total. The van der Waals surface area contributed by atoms with E-state index >= 15 is 0 Å². The smallest absolute Gasteiger partial charge is 0.192 e. The number of hydrogen-bond donors (Lipinski definition) is 3. The molecule has 4 atom stereocenters. The van der Waals surface area contributed by atoms with Gasteiger partial charge in [0.05, 0.1) is 37.3 Å². The number of benzene rings is 1. The highest BCUT2D eigenvalue weighted by molar-refractivity contribution is 6.74. The number of nitrogens with zero attached hydrogens (tertiary/aromatic N) is 6. The molecular weight excluding hydrogens is 751 g/mol. The molecule has 5 rings (SSSR count). The molecule has 1 saturated heterocycles. The second-order valence-electron chi connectivity index (χ2n) is 21.4. The Morgan fingerprint density at radius 1 is 0.821 bits per heavy atom. The average Bonchev–Trinajstić information content (AvgIpc) is 3.76. The van der Waals surface area contributed by atoms with E-state index in [0.717, 1.165) is 24.0 Å². The summed E-state index contributed by atoms with van der Waals surface area (Å²) >= 11 is 0. The fourth-order valence-electron chi connectivity index (χ4n) is 7.14. The molecule has 3 aromatic heterocycles. The summed E-state index contributed by atoms with van der Waals surface area (Å²) in [6, 6.07) is 8.68. The first-order chi connectivity index (χ1) is 25.4. The predicted octanol–water partition coefficient (Wildman–Crippen LogP) is 9.50. The van der Waals surface area contributed by atoms with Crippen molar-refractivity contribution in [2.75, 3.05) is 12.3 Å². The maximum Gasteiger partial charge on any atom is 0.192 e. The van der Waals surface area contributed by atoms with Crippen LogP contribution < -0.4 is 5.73 Å². The van der Waals surface area contributed by atoms with Gasteiger partial charge in [-0.3, -0.25) is 9.25 Å². The van der Waals surface area contributed by atoms with E-state index in [1.807, 2.05) is 41.6 Å². The number of nitrogen functional groups attached to an aromatic ring is 1. The van der Waals surface area contributed by atoms with E-state index < -0.39 is 31.2 Å². The third-order valence-corrected chi connectivity index (χ3v) is 25.2. The molecule has 0 spiro atoms. The highest BCUT2D eigenvalue weighted by Crippen LogP contribution is 2.56. The summed E-state index contributed by atoms with van der Waals surface area (Å²) in [5.74, 6) is 0.739. The zero-order valence-electron chi connectivity index (χ0n) is 37.2. The molecule has 0 aliphatic carbocycles. The van der Waals surface area contributed by atoms with Gasteiger partial charge in [0.25, 0.3) is 0 Å². The summed E-state index contributed by atoms with van der Waals surface area (Å²) in [4.78, 5) is 37.8. The van der Waals surface area contributed by atoms with Crippen LogP contribution in [0, 0.1) is 11.8 Å². The lowest BCUT2D eigenvalue weighted by molar-refractivity contribution is -0.0353. The van der Waals surface area contributed by atoms with Gasteiger partial charge in [-0.1, -0.05) is 93.5 Å². The van der Waals surface area contributed by atoms with Crippen molar-refractivity contribution in [3.05, 3.63) is 54.1 Å². The topological polar surface area (TPSA) is 146 Å². The van der Waals surface area contributed by atoms with Crippen molar-refractivity contribution in [2.45, 2.75) is 161 Å². The Bertz CT molecular complexity index is 1980. The van der Waals surface area contributed by atoms with Crippen molar-refractivity contribution < 1.29 is 18.8 Å². The number of hydrogen-bond acceptors (Lipinski definition) is 9. The molecule has 1 aliphatic rings. The van der Waals surface area contributed by atoms with Crippen LogP contribution in [0.5, 0.6) is 0 Å². The van der Waals surface area contributed by atoms with Gasteiger partial charge in [-0.25, -0.2) is 15.0 Å². The fourth-order valence-corrected chi connectivity index (χ4v) is 9.62. The van der Waals surface area contributed by atoms with Crippen LogP contribution in [0.1, 0.15) is 99.4 Å². The molecule has 1 aromatic carbocycles. The third kappa shape index (κ3) is 9.26. The molecule has 310 valence electrons. The van der Waals surface area contributed by atoms with Crippen molar-refractivity contribution in [1.29, 1.82) is 0 Å². The molecule has 14 heteroatoms. The van der Waals surface area contributed by atoms with Crippen molar-refractivity contribution in [2.24, 2.45) is 11.8 Å². The Balaban J connectivity index is 1.57. The molecule has 0 bridgehead atoms. The normalized spacial score (nSPS) is 20.7. The van der Waals surface area contributed by atoms with Crippen LogP contribution in [-0.4, -0.2) is 76.6 Å². The molecule has 0 radical (unpaired) electrons. The van der Waals surface area contributed by atoms with Crippen LogP contribution in [0.4, 0.5) is 5.82 Å². The Labute approximate surface area is 339 Å². The maximum atomic E-state index is 11.6. The summed E-state index contributed by atoms with van der Waals surface area (Å²) in [5, 5.41) is 4.03. The third-order valence-electron chi connectivity index (χ3n) is 13.7. The fraction of sp³-hybridized carbons (Fsp3) is 0.667. The van der Waals surface area contributed by atoms with Crippen LogP contribution in [-0.2, 0) is 21.1 Å². The molecule has 4 heterocycles. The highest BCUT2D eigenvalue weighted by atomic mass is 28.4. The monoisotopic (exact) mass is 821 g/mol. The number of anilines is 1. The number of aromatic nitrogens is 6. The van der Waals surface area contributed by atoms with E-state index in [2.05, 4.69) is 112 Å². The minimum Gasteiger partial charge on any atom is -0.432 e. The second-order valence-corrected chi connectivity index (χ2v) is 35.1. The molecule has 1 aliphatic heterocycles. The van der Waals surface area contributed by atoms with Crippen molar-refractivity contribution in [1.82, 2.24) is 29.3 Å². The van der Waals surface area contributed by atoms with Gasteiger partial charge < -0.3 is 24.5 Å². The van der Waals surface area contributed by atoms with Crippen molar-refractivity contribution in [3.63, 3.8) is 0 Å². The summed E-state index contributed by atoms with van der Waals surface area (Å²) < 4.78 is 18.1. The zero-order chi connectivity index (χ0) is 42.0. The first-order valence-corrected chi connectivity index (χ1v) is 29.1. The van der Waals surface area contributed by atoms with Crippen LogP contribution in [0.15, 0.2) is 43.0 Å². The van der Waals surface area contributed by atoms with Gasteiger partial charge in [0.2, 0.25) is 0 Å². The number of imidazole rings is 1. The first-order valence-electron chi connectivity index (χ1n) is 20.3. The number of rotatable bonds is 13. The minimum absolute atomic E-state index is 0.0288. The van der Waals surface area contributed by atoms with Crippen LogP contribution in [0.25, 0.3) is 22.6 Å². The Morgan fingerprint density at radius 2 is 1.39 bits per heavy atom. The number of fused-ring (bicyclic) bond motifs is 1. The van der Waals surface area contributed by atoms with Gasteiger partial charge >= 0.3 is 0 Å². The van der Waals surface area contributed by atoms with Crippen LogP contribution >= 0.6 is 0 Å². The highest BCUT2D eigenvalue weighted by Gasteiger charge is 2.54. The number of ether oxygens (including phenoxy) is 1. The SMILES string of the molecule is CC(C)(C)c1ccc(Cn2cc(-c3nc(N)c4ncn(C5OC(CO[Si](C)(C)C(C)(C)C)[C@@H](CC(C)(C)[Si](C)(C)O)[C@H]5CC(C)(C)[Si](C)(C)O)c4n3)cn2)cc1. The van der Waals surface area contributed by atoms with E-state index in [0.29, 0.717) is 30.1 Å². The first kappa shape index (κ1) is 44.4. The Hall–Kier alpha value is -2.73. The quantitative estimate of drug-likeness (QED) is 0.112. The van der Waals surface area contributed by atoms with Gasteiger partial charge in [-0.15, -0.1) is 0 Å². The molecule has 1 fully saturated rings. The largest absolute Gasteiger partial charge is 0.432 e. The molecule has 11 nitrogen and oxygen atoms in total. The van der Waals surface area contributed by atoms with E-state index in [4.69, 9.17) is 29.8 Å². The Kier molecular flexibility index (Phi) is 12.0. The lowest BCUT2D eigenvalue weighted by Gasteiger charge is -2.43.